The summed E-state index contributed by atoms with van der Waals surface area (Å²) >= 11 is 0. The zero-order valence-corrected chi connectivity index (χ0v) is 11.0. The molecule has 1 aliphatic rings. The molecule has 15 heavy (non-hydrogen) atoms. The topological polar surface area (TPSA) is 21.3 Å². The van der Waals surface area contributed by atoms with Crippen molar-refractivity contribution in [3.05, 3.63) is 0 Å². The Kier molecular flexibility index (Phi) is 4.19. The zero-order valence-electron chi connectivity index (χ0n) is 11.0. The van der Waals surface area contributed by atoms with E-state index < -0.39 is 0 Å². The molecule has 2 heteroatoms. The Morgan fingerprint density at radius 1 is 1.13 bits per heavy atom. The minimum absolute atomic E-state index is 0.202. The van der Waals surface area contributed by atoms with E-state index >= 15 is 0 Å². The van der Waals surface area contributed by atoms with Crippen molar-refractivity contribution in [1.29, 1.82) is 0 Å². The first kappa shape index (κ1) is 13.0. The number of rotatable bonds is 6. The quantitative estimate of drug-likeness (QED) is 0.732. The van der Waals surface area contributed by atoms with E-state index in [9.17, 15) is 0 Å². The maximum Gasteiger partial charge on any atom is 0.0529 e. The van der Waals surface area contributed by atoms with Crippen LogP contribution in [-0.4, -0.2) is 25.3 Å². The normalized spacial score (nSPS) is 18.2. The van der Waals surface area contributed by atoms with Crippen molar-refractivity contribution in [2.45, 2.75) is 53.0 Å². The third-order valence-corrected chi connectivity index (χ3v) is 2.64. The summed E-state index contributed by atoms with van der Waals surface area (Å²) in [6.07, 6.45) is 2.75. The van der Waals surface area contributed by atoms with E-state index in [1.807, 2.05) is 0 Å². The van der Waals surface area contributed by atoms with Crippen LogP contribution in [-0.2, 0) is 4.74 Å². The van der Waals surface area contributed by atoms with Crippen molar-refractivity contribution in [3.63, 3.8) is 0 Å². The summed E-state index contributed by atoms with van der Waals surface area (Å²) < 4.78 is 5.75. The molecule has 0 bridgehead atoms. The molecule has 1 N–H and O–H groups in total. The van der Waals surface area contributed by atoms with Gasteiger partial charge in [-0.1, -0.05) is 13.8 Å². The molecule has 0 amide bonds. The highest BCUT2D eigenvalue weighted by molar-refractivity contribution is 4.78. The van der Waals surface area contributed by atoms with Crippen molar-refractivity contribution >= 4 is 0 Å². The molecule has 0 aromatic heterocycles. The van der Waals surface area contributed by atoms with Gasteiger partial charge in [0, 0.05) is 24.1 Å². The SMILES string of the molecule is CC(C)(CNC(C)(C)C)COCC1CC1. The molecule has 0 atom stereocenters. The van der Waals surface area contributed by atoms with E-state index in [0.717, 1.165) is 25.7 Å². The Balaban J connectivity index is 2.12. The van der Waals surface area contributed by atoms with Crippen LogP contribution in [0.25, 0.3) is 0 Å². The van der Waals surface area contributed by atoms with Crippen LogP contribution in [0.1, 0.15) is 47.5 Å². The lowest BCUT2D eigenvalue weighted by Gasteiger charge is -2.30. The minimum Gasteiger partial charge on any atom is -0.381 e. The summed E-state index contributed by atoms with van der Waals surface area (Å²) in [5.74, 6) is 0.872. The third-order valence-electron chi connectivity index (χ3n) is 2.64. The van der Waals surface area contributed by atoms with Crippen LogP contribution >= 0.6 is 0 Å². The lowest BCUT2D eigenvalue weighted by molar-refractivity contribution is 0.0527. The molecule has 0 aromatic carbocycles. The van der Waals surface area contributed by atoms with Crippen molar-refractivity contribution in [1.82, 2.24) is 5.32 Å². The van der Waals surface area contributed by atoms with Crippen molar-refractivity contribution in [2.24, 2.45) is 11.3 Å². The monoisotopic (exact) mass is 213 g/mol. The molecule has 0 aromatic rings. The number of nitrogens with one attached hydrogen (secondary N) is 1. The van der Waals surface area contributed by atoms with Crippen LogP contribution < -0.4 is 5.32 Å². The van der Waals surface area contributed by atoms with Gasteiger partial charge in [0.25, 0.3) is 0 Å². The van der Waals surface area contributed by atoms with Crippen molar-refractivity contribution in [2.75, 3.05) is 19.8 Å². The molecule has 1 rings (SSSR count). The molecule has 0 spiro atoms. The first-order chi connectivity index (χ1) is 6.79. The molecule has 2 nitrogen and oxygen atoms in total. The Bertz CT molecular complexity index is 189. The van der Waals surface area contributed by atoms with E-state index in [2.05, 4.69) is 39.9 Å². The average molecular weight is 213 g/mol. The fourth-order valence-electron chi connectivity index (χ4n) is 1.34. The van der Waals surface area contributed by atoms with Gasteiger partial charge in [-0.3, -0.25) is 0 Å². The summed E-state index contributed by atoms with van der Waals surface area (Å²) in [4.78, 5) is 0. The predicted octanol–water partition coefficient (Wildman–Crippen LogP) is 2.83. The second-order valence-electron chi connectivity index (χ2n) is 6.73. The number of hydrogen-bond acceptors (Lipinski definition) is 2. The van der Waals surface area contributed by atoms with Crippen molar-refractivity contribution in [3.8, 4) is 0 Å². The lowest BCUT2D eigenvalue weighted by atomic mass is 9.93. The van der Waals surface area contributed by atoms with Crippen LogP contribution in [0.2, 0.25) is 0 Å². The fraction of sp³-hybridized carbons (Fsp3) is 1.00. The number of ether oxygens (including phenoxy) is 1. The Morgan fingerprint density at radius 2 is 1.73 bits per heavy atom. The van der Waals surface area contributed by atoms with Gasteiger partial charge in [-0.05, 0) is 39.5 Å². The molecule has 0 unspecified atom stereocenters. The zero-order chi connectivity index (χ0) is 11.5. The molecule has 1 aliphatic carbocycles. The summed E-state index contributed by atoms with van der Waals surface area (Å²) in [7, 11) is 0. The molecule has 0 aliphatic heterocycles. The molecular weight excluding hydrogens is 186 g/mol. The van der Waals surface area contributed by atoms with E-state index in [4.69, 9.17) is 4.74 Å². The van der Waals surface area contributed by atoms with Crippen LogP contribution in [0.3, 0.4) is 0 Å². The van der Waals surface area contributed by atoms with Gasteiger partial charge in [-0.2, -0.15) is 0 Å². The summed E-state index contributed by atoms with van der Waals surface area (Å²) in [5.41, 5.74) is 0.440. The highest BCUT2D eigenvalue weighted by atomic mass is 16.5. The average Bonchev–Trinajstić information content (AvgIpc) is 2.83. The maximum absolute atomic E-state index is 5.75. The van der Waals surface area contributed by atoms with E-state index in [1.54, 1.807) is 0 Å². The molecule has 90 valence electrons. The van der Waals surface area contributed by atoms with E-state index in [0.29, 0.717) is 0 Å². The summed E-state index contributed by atoms with van der Waals surface area (Å²) in [6, 6.07) is 0. The van der Waals surface area contributed by atoms with Gasteiger partial charge >= 0.3 is 0 Å². The van der Waals surface area contributed by atoms with Crippen LogP contribution in [0.4, 0.5) is 0 Å². The van der Waals surface area contributed by atoms with Gasteiger partial charge in [0.2, 0.25) is 0 Å². The minimum atomic E-state index is 0.202. The van der Waals surface area contributed by atoms with Gasteiger partial charge in [-0.15, -0.1) is 0 Å². The molecule has 1 fully saturated rings. The van der Waals surface area contributed by atoms with Gasteiger partial charge in [-0.25, -0.2) is 0 Å². The number of hydrogen-bond donors (Lipinski definition) is 1. The van der Waals surface area contributed by atoms with Crippen LogP contribution in [0.5, 0.6) is 0 Å². The fourth-order valence-corrected chi connectivity index (χ4v) is 1.34. The van der Waals surface area contributed by atoms with Crippen molar-refractivity contribution < 1.29 is 4.74 Å². The molecule has 0 saturated heterocycles. The molecule has 0 heterocycles. The summed E-state index contributed by atoms with van der Waals surface area (Å²) in [6.45, 7) is 14.0. The lowest BCUT2D eigenvalue weighted by Crippen LogP contribution is -2.43. The van der Waals surface area contributed by atoms with Gasteiger partial charge in [0.15, 0.2) is 0 Å². The van der Waals surface area contributed by atoms with Crippen LogP contribution in [0, 0.1) is 11.3 Å². The predicted molar refractivity (Wildman–Crippen MR) is 65.1 cm³/mol. The largest absolute Gasteiger partial charge is 0.381 e. The van der Waals surface area contributed by atoms with Gasteiger partial charge in [0.05, 0.1) is 6.61 Å². The molecular formula is C13H27NO. The molecule has 0 radical (unpaired) electrons. The Labute approximate surface area is 94.8 Å². The van der Waals surface area contributed by atoms with Gasteiger partial charge in [0.1, 0.15) is 0 Å². The van der Waals surface area contributed by atoms with Gasteiger partial charge < -0.3 is 10.1 Å². The highest BCUT2D eigenvalue weighted by Gasteiger charge is 2.24. The van der Waals surface area contributed by atoms with E-state index in [-0.39, 0.29) is 11.0 Å². The van der Waals surface area contributed by atoms with Crippen LogP contribution in [0.15, 0.2) is 0 Å². The van der Waals surface area contributed by atoms with E-state index in [1.165, 1.54) is 12.8 Å². The smallest absolute Gasteiger partial charge is 0.0529 e. The maximum atomic E-state index is 5.75. The summed E-state index contributed by atoms with van der Waals surface area (Å²) in [5, 5.41) is 3.54. The Hall–Kier alpha value is -0.0800. The Morgan fingerprint density at radius 3 is 2.20 bits per heavy atom. The first-order valence-electron chi connectivity index (χ1n) is 6.11. The second-order valence-corrected chi connectivity index (χ2v) is 6.73. The first-order valence-corrected chi connectivity index (χ1v) is 6.11. The standard InChI is InChI=1S/C13H27NO/c1-12(2,3)14-9-13(4,5)10-15-8-11-6-7-11/h11,14H,6-10H2,1-5H3. The highest BCUT2D eigenvalue weighted by Crippen LogP contribution is 2.29. The molecule has 1 saturated carbocycles. The second kappa shape index (κ2) is 4.84. The third kappa shape index (κ3) is 6.91.